The molecule has 6 rings (SSSR count). The Balaban J connectivity index is 1.45. The summed E-state index contributed by atoms with van der Waals surface area (Å²) in [6.07, 6.45) is 6.79. The summed E-state index contributed by atoms with van der Waals surface area (Å²) in [7, 11) is 0. The molecule has 2 bridgehead atoms. The number of carbonyl (C=O) groups excluding carboxylic acids is 2. The Hall–Kier alpha value is -2.42. The topological polar surface area (TPSA) is 37.4 Å². The van der Waals surface area contributed by atoms with Crippen LogP contribution in [-0.4, -0.2) is 11.8 Å². The van der Waals surface area contributed by atoms with E-state index in [1.54, 1.807) is 0 Å². The lowest BCUT2D eigenvalue weighted by Gasteiger charge is -2.22. The van der Waals surface area contributed by atoms with E-state index >= 15 is 0 Å². The number of rotatable bonds is 1. The third kappa shape index (κ3) is 1.32. The maximum atomic E-state index is 13.1. The minimum Gasteiger partial charge on any atom is -0.274 e. The van der Waals surface area contributed by atoms with Crippen molar-refractivity contribution in [3.05, 3.63) is 54.6 Å². The zero-order valence-electron chi connectivity index (χ0n) is 13.2. The van der Waals surface area contributed by atoms with Crippen LogP contribution in [0.15, 0.2) is 54.6 Å². The molecule has 1 spiro atoms. The Labute approximate surface area is 139 Å². The fraction of sp³-hybridized carbons (Fsp3) is 0.333. The highest BCUT2D eigenvalue weighted by atomic mass is 16.2. The van der Waals surface area contributed by atoms with Gasteiger partial charge in [-0.1, -0.05) is 42.5 Å². The van der Waals surface area contributed by atoms with Crippen LogP contribution in [0, 0.1) is 29.1 Å². The Bertz CT molecular complexity index is 921. The van der Waals surface area contributed by atoms with E-state index in [9.17, 15) is 9.59 Å². The number of benzene rings is 2. The number of nitrogens with zero attached hydrogens (tertiary/aromatic N) is 1. The molecule has 3 heteroatoms. The summed E-state index contributed by atoms with van der Waals surface area (Å²) in [6, 6.07) is 13.9. The molecule has 4 atom stereocenters. The van der Waals surface area contributed by atoms with Crippen molar-refractivity contribution in [3.63, 3.8) is 0 Å². The minimum atomic E-state index is -0.124. The van der Waals surface area contributed by atoms with E-state index in [2.05, 4.69) is 12.2 Å². The van der Waals surface area contributed by atoms with E-state index in [-0.39, 0.29) is 40.9 Å². The molecule has 0 unspecified atom stereocenters. The van der Waals surface area contributed by atoms with Gasteiger partial charge in [0.15, 0.2) is 0 Å². The van der Waals surface area contributed by atoms with Crippen molar-refractivity contribution < 1.29 is 9.59 Å². The van der Waals surface area contributed by atoms with Gasteiger partial charge in [0.05, 0.1) is 17.5 Å². The van der Waals surface area contributed by atoms with Crippen LogP contribution in [0.1, 0.15) is 12.8 Å². The standard InChI is InChI=1S/C21H17NO2/c23-19-17-15-7-8-16(21(15)9-10-21)18(17)20(24)22(19)14-6-5-12-3-1-2-4-13(12)11-14/h1-8,11,15-18H,9-10H2/t15-,16-,17-,18-/m0/s1. The summed E-state index contributed by atoms with van der Waals surface area (Å²) >= 11 is 0. The van der Waals surface area contributed by atoms with Crippen molar-refractivity contribution >= 4 is 28.3 Å². The van der Waals surface area contributed by atoms with E-state index in [0.717, 1.165) is 16.5 Å². The van der Waals surface area contributed by atoms with Crippen LogP contribution < -0.4 is 4.90 Å². The molecule has 1 aliphatic heterocycles. The number of fused-ring (bicyclic) bond motifs is 4. The van der Waals surface area contributed by atoms with Gasteiger partial charge in [0.25, 0.3) is 0 Å². The second kappa shape index (κ2) is 3.97. The molecule has 3 nitrogen and oxygen atoms in total. The van der Waals surface area contributed by atoms with E-state index in [4.69, 9.17) is 0 Å². The van der Waals surface area contributed by atoms with Gasteiger partial charge in [0.1, 0.15) is 0 Å². The third-order valence-electron chi connectivity index (χ3n) is 6.84. The molecule has 2 amide bonds. The van der Waals surface area contributed by atoms with Crippen LogP contribution in [0.25, 0.3) is 10.8 Å². The van der Waals surface area contributed by atoms with Crippen molar-refractivity contribution in [2.75, 3.05) is 4.90 Å². The highest BCUT2D eigenvalue weighted by Crippen LogP contribution is 2.73. The molecule has 2 saturated carbocycles. The molecular weight excluding hydrogens is 298 g/mol. The summed E-state index contributed by atoms with van der Waals surface area (Å²) in [5, 5.41) is 2.19. The van der Waals surface area contributed by atoms with Crippen molar-refractivity contribution in [3.8, 4) is 0 Å². The van der Waals surface area contributed by atoms with Gasteiger partial charge in [-0.15, -0.1) is 0 Å². The van der Waals surface area contributed by atoms with Gasteiger partial charge < -0.3 is 0 Å². The highest BCUT2D eigenvalue weighted by molar-refractivity contribution is 6.23. The van der Waals surface area contributed by atoms with E-state index < -0.39 is 0 Å². The first-order valence-electron chi connectivity index (χ1n) is 8.76. The van der Waals surface area contributed by atoms with Gasteiger partial charge in [-0.05, 0) is 53.0 Å². The maximum absolute atomic E-state index is 13.1. The Morgan fingerprint density at radius 2 is 1.46 bits per heavy atom. The average Bonchev–Trinajstić information content (AvgIpc) is 3.20. The number of amides is 2. The van der Waals surface area contributed by atoms with Gasteiger partial charge in [-0.2, -0.15) is 0 Å². The summed E-state index contributed by atoms with van der Waals surface area (Å²) in [5.41, 5.74) is 0.984. The smallest absolute Gasteiger partial charge is 0.238 e. The SMILES string of the molecule is O=C1[C@@H]2[C@@H](C(=O)N1c1ccc3ccccc3c1)[C@@H]1C=C[C@@H]2C12CC2. The lowest BCUT2D eigenvalue weighted by molar-refractivity contribution is -0.123. The first-order valence-corrected chi connectivity index (χ1v) is 8.76. The molecule has 4 aliphatic rings. The van der Waals surface area contributed by atoms with E-state index in [0.29, 0.717) is 0 Å². The van der Waals surface area contributed by atoms with Crippen molar-refractivity contribution in [2.24, 2.45) is 29.1 Å². The monoisotopic (exact) mass is 315 g/mol. The first-order chi connectivity index (χ1) is 11.7. The Kier molecular flexibility index (Phi) is 2.14. The predicted octanol–water partition coefficient (Wildman–Crippen LogP) is 3.54. The van der Waals surface area contributed by atoms with Crippen molar-refractivity contribution in [1.29, 1.82) is 0 Å². The van der Waals surface area contributed by atoms with E-state index in [1.165, 1.54) is 17.7 Å². The number of anilines is 1. The van der Waals surface area contributed by atoms with Crippen molar-refractivity contribution in [2.45, 2.75) is 12.8 Å². The Morgan fingerprint density at radius 1 is 0.833 bits per heavy atom. The Morgan fingerprint density at radius 3 is 2.08 bits per heavy atom. The molecule has 1 saturated heterocycles. The lowest BCUT2D eigenvalue weighted by atomic mass is 9.85. The maximum Gasteiger partial charge on any atom is 0.238 e. The van der Waals surface area contributed by atoms with Crippen LogP contribution >= 0.6 is 0 Å². The molecule has 24 heavy (non-hydrogen) atoms. The van der Waals surface area contributed by atoms with E-state index in [1.807, 2.05) is 42.5 Å². The second-order valence-corrected chi connectivity index (χ2v) is 7.76. The zero-order chi connectivity index (χ0) is 16.1. The molecule has 0 aromatic heterocycles. The molecule has 2 aromatic rings. The van der Waals surface area contributed by atoms with Crippen LogP contribution in [-0.2, 0) is 9.59 Å². The summed E-state index contributed by atoms with van der Waals surface area (Å²) in [6.45, 7) is 0. The van der Waals surface area contributed by atoms with Gasteiger partial charge in [0.2, 0.25) is 11.8 Å². The molecule has 2 aromatic carbocycles. The predicted molar refractivity (Wildman–Crippen MR) is 91.2 cm³/mol. The van der Waals surface area contributed by atoms with Gasteiger partial charge in [0, 0.05) is 0 Å². The number of carbonyl (C=O) groups is 2. The number of allylic oxidation sites excluding steroid dienone is 2. The molecular formula is C21H17NO2. The molecule has 0 N–H and O–H groups in total. The number of hydrogen-bond acceptors (Lipinski definition) is 2. The lowest BCUT2D eigenvalue weighted by Crippen LogP contribution is -2.34. The summed E-state index contributed by atoms with van der Waals surface area (Å²) in [5.74, 6) is 0.360. The van der Waals surface area contributed by atoms with Crippen molar-refractivity contribution in [1.82, 2.24) is 0 Å². The first kappa shape index (κ1) is 12.9. The average molecular weight is 315 g/mol. The normalized spacial score (nSPS) is 34.6. The van der Waals surface area contributed by atoms with Crippen LogP contribution in [0.3, 0.4) is 0 Å². The third-order valence-corrected chi connectivity index (χ3v) is 6.84. The number of imide groups is 1. The van der Waals surface area contributed by atoms with Crippen LogP contribution in [0.2, 0.25) is 0 Å². The zero-order valence-corrected chi connectivity index (χ0v) is 13.2. The second-order valence-electron chi connectivity index (χ2n) is 7.76. The summed E-state index contributed by atoms with van der Waals surface area (Å²) < 4.78 is 0. The molecule has 118 valence electrons. The molecule has 0 radical (unpaired) electrons. The fourth-order valence-electron chi connectivity index (χ4n) is 5.65. The largest absolute Gasteiger partial charge is 0.274 e. The van der Waals surface area contributed by atoms with Gasteiger partial charge in [-0.3, -0.25) is 9.59 Å². The minimum absolute atomic E-state index is 0.0170. The molecule has 3 aliphatic carbocycles. The number of hydrogen-bond donors (Lipinski definition) is 0. The van der Waals surface area contributed by atoms with Gasteiger partial charge in [-0.25, -0.2) is 4.90 Å². The quantitative estimate of drug-likeness (QED) is 0.596. The fourth-order valence-corrected chi connectivity index (χ4v) is 5.65. The summed E-state index contributed by atoms with van der Waals surface area (Å²) in [4.78, 5) is 27.7. The van der Waals surface area contributed by atoms with Gasteiger partial charge >= 0.3 is 0 Å². The molecule has 3 fully saturated rings. The van der Waals surface area contributed by atoms with Crippen LogP contribution in [0.4, 0.5) is 5.69 Å². The highest BCUT2D eigenvalue weighted by Gasteiger charge is 2.73. The van der Waals surface area contributed by atoms with Crippen LogP contribution in [0.5, 0.6) is 0 Å². The molecule has 1 heterocycles.